The highest BCUT2D eigenvalue weighted by Crippen LogP contribution is 2.48. The van der Waals surface area contributed by atoms with Gasteiger partial charge < -0.3 is 14.8 Å². The standard InChI is InChI=1S/C15H26N4/c1-18(2)15-17-9-13(19(15)3)8-16-10-14(11-4-5-11)12-6-7-12/h9,11-12,14,16H,4-8,10H2,1-3H3. The average molecular weight is 262 g/mol. The molecule has 2 fully saturated rings. The van der Waals surface area contributed by atoms with Gasteiger partial charge in [-0.3, -0.25) is 0 Å². The van der Waals surface area contributed by atoms with Crippen molar-refractivity contribution in [3.63, 3.8) is 0 Å². The number of rotatable bonds is 7. The van der Waals surface area contributed by atoms with Crippen LogP contribution < -0.4 is 10.2 Å². The molecule has 0 radical (unpaired) electrons. The molecule has 19 heavy (non-hydrogen) atoms. The van der Waals surface area contributed by atoms with Crippen LogP contribution in [0.2, 0.25) is 0 Å². The maximum atomic E-state index is 4.46. The fourth-order valence-corrected chi connectivity index (χ4v) is 3.15. The highest BCUT2D eigenvalue weighted by Gasteiger charge is 2.40. The van der Waals surface area contributed by atoms with Crippen LogP contribution >= 0.6 is 0 Å². The first-order valence-electron chi connectivity index (χ1n) is 7.55. The van der Waals surface area contributed by atoms with Gasteiger partial charge in [0, 0.05) is 27.7 Å². The van der Waals surface area contributed by atoms with Gasteiger partial charge in [-0.2, -0.15) is 0 Å². The second-order valence-corrected chi connectivity index (χ2v) is 6.47. The Hall–Kier alpha value is -1.03. The van der Waals surface area contributed by atoms with Gasteiger partial charge in [0.15, 0.2) is 0 Å². The van der Waals surface area contributed by atoms with E-state index in [4.69, 9.17) is 0 Å². The molecule has 2 aliphatic rings. The Kier molecular flexibility index (Phi) is 3.52. The van der Waals surface area contributed by atoms with Gasteiger partial charge in [-0.15, -0.1) is 0 Å². The summed E-state index contributed by atoms with van der Waals surface area (Å²) in [6.07, 6.45) is 7.88. The Labute approximate surface area is 116 Å². The Balaban J connectivity index is 1.51. The first-order chi connectivity index (χ1) is 9.16. The number of nitrogens with zero attached hydrogens (tertiary/aromatic N) is 3. The number of imidazole rings is 1. The zero-order chi connectivity index (χ0) is 13.4. The third kappa shape index (κ3) is 2.94. The largest absolute Gasteiger partial charge is 0.348 e. The topological polar surface area (TPSA) is 33.1 Å². The third-order valence-corrected chi connectivity index (χ3v) is 4.60. The van der Waals surface area contributed by atoms with Gasteiger partial charge in [0.2, 0.25) is 5.95 Å². The van der Waals surface area contributed by atoms with Crippen molar-refractivity contribution in [3.8, 4) is 0 Å². The van der Waals surface area contributed by atoms with Crippen LogP contribution in [-0.4, -0.2) is 30.2 Å². The van der Waals surface area contributed by atoms with Crippen LogP contribution in [0.1, 0.15) is 31.4 Å². The van der Waals surface area contributed by atoms with Crippen LogP contribution in [0.5, 0.6) is 0 Å². The van der Waals surface area contributed by atoms with Crippen molar-refractivity contribution in [3.05, 3.63) is 11.9 Å². The number of hydrogen-bond donors (Lipinski definition) is 1. The van der Waals surface area contributed by atoms with Crippen molar-refractivity contribution in [2.45, 2.75) is 32.2 Å². The van der Waals surface area contributed by atoms with E-state index in [2.05, 4.69) is 26.8 Å². The van der Waals surface area contributed by atoms with Crippen LogP contribution in [-0.2, 0) is 13.6 Å². The van der Waals surface area contributed by atoms with Gasteiger partial charge in [0.25, 0.3) is 0 Å². The highest BCUT2D eigenvalue weighted by atomic mass is 15.3. The lowest BCUT2D eigenvalue weighted by atomic mass is 9.98. The summed E-state index contributed by atoms with van der Waals surface area (Å²) < 4.78 is 2.18. The predicted octanol–water partition coefficient (Wildman–Crippen LogP) is 2.01. The summed E-state index contributed by atoms with van der Waals surface area (Å²) in [4.78, 5) is 6.51. The van der Waals surface area contributed by atoms with Gasteiger partial charge in [0.05, 0.1) is 11.9 Å². The summed E-state index contributed by atoms with van der Waals surface area (Å²) >= 11 is 0. The molecule has 3 rings (SSSR count). The molecule has 1 N–H and O–H groups in total. The Morgan fingerprint density at radius 3 is 2.42 bits per heavy atom. The van der Waals surface area contributed by atoms with Crippen molar-refractivity contribution >= 4 is 5.95 Å². The van der Waals surface area contributed by atoms with E-state index in [9.17, 15) is 0 Å². The van der Waals surface area contributed by atoms with Gasteiger partial charge >= 0.3 is 0 Å². The molecule has 1 aromatic heterocycles. The van der Waals surface area contributed by atoms with Crippen molar-refractivity contribution in [1.29, 1.82) is 0 Å². The average Bonchev–Trinajstić information content (AvgIpc) is 3.24. The van der Waals surface area contributed by atoms with Crippen LogP contribution in [0, 0.1) is 17.8 Å². The van der Waals surface area contributed by atoms with Crippen LogP contribution in [0.4, 0.5) is 5.95 Å². The minimum atomic E-state index is 0.938. The van der Waals surface area contributed by atoms with E-state index >= 15 is 0 Å². The van der Waals surface area contributed by atoms with E-state index in [0.29, 0.717) is 0 Å². The van der Waals surface area contributed by atoms with Crippen molar-refractivity contribution < 1.29 is 0 Å². The van der Waals surface area contributed by atoms with Crippen molar-refractivity contribution in [1.82, 2.24) is 14.9 Å². The van der Waals surface area contributed by atoms with E-state index in [1.807, 2.05) is 20.3 Å². The predicted molar refractivity (Wildman–Crippen MR) is 78.2 cm³/mol. The van der Waals surface area contributed by atoms with E-state index in [1.165, 1.54) is 37.9 Å². The molecular weight excluding hydrogens is 236 g/mol. The first kappa shape index (κ1) is 13.0. The molecule has 0 aromatic carbocycles. The second-order valence-electron chi connectivity index (χ2n) is 6.47. The number of hydrogen-bond acceptors (Lipinski definition) is 3. The van der Waals surface area contributed by atoms with Gasteiger partial charge in [-0.1, -0.05) is 0 Å². The smallest absolute Gasteiger partial charge is 0.204 e. The summed E-state index contributed by atoms with van der Waals surface area (Å²) in [5.41, 5.74) is 1.27. The Morgan fingerprint density at radius 2 is 1.95 bits per heavy atom. The summed E-state index contributed by atoms with van der Waals surface area (Å²) in [7, 11) is 6.17. The lowest BCUT2D eigenvalue weighted by Gasteiger charge is -2.17. The summed E-state index contributed by atoms with van der Waals surface area (Å²) in [5, 5.41) is 3.66. The molecule has 0 saturated heterocycles. The molecule has 0 unspecified atom stereocenters. The molecule has 2 saturated carbocycles. The maximum absolute atomic E-state index is 4.46. The van der Waals surface area contributed by atoms with Gasteiger partial charge in [-0.05, 0) is 50.0 Å². The van der Waals surface area contributed by atoms with E-state index in [-0.39, 0.29) is 0 Å². The maximum Gasteiger partial charge on any atom is 0.204 e. The van der Waals surface area contributed by atoms with E-state index in [1.54, 1.807) is 0 Å². The molecule has 4 nitrogen and oxygen atoms in total. The summed E-state index contributed by atoms with van der Waals surface area (Å²) in [6.45, 7) is 2.13. The normalized spacial score (nSPS) is 19.2. The van der Waals surface area contributed by atoms with Crippen molar-refractivity contribution in [2.24, 2.45) is 24.8 Å². The fraction of sp³-hybridized carbons (Fsp3) is 0.800. The van der Waals surface area contributed by atoms with E-state index in [0.717, 1.165) is 30.2 Å². The molecule has 4 heteroatoms. The highest BCUT2D eigenvalue weighted by molar-refractivity contribution is 5.30. The monoisotopic (exact) mass is 262 g/mol. The van der Waals surface area contributed by atoms with Crippen LogP contribution in [0.3, 0.4) is 0 Å². The molecule has 1 heterocycles. The zero-order valence-corrected chi connectivity index (χ0v) is 12.4. The Bertz CT molecular complexity index is 417. The molecule has 0 bridgehead atoms. The Morgan fingerprint density at radius 1 is 1.32 bits per heavy atom. The molecule has 0 spiro atoms. The quantitative estimate of drug-likeness (QED) is 0.816. The lowest BCUT2D eigenvalue weighted by molar-refractivity contribution is 0.377. The number of nitrogens with one attached hydrogen (secondary N) is 1. The van der Waals surface area contributed by atoms with Crippen molar-refractivity contribution in [2.75, 3.05) is 25.5 Å². The van der Waals surface area contributed by atoms with E-state index < -0.39 is 0 Å². The van der Waals surface area contributed by atoms with Gasteiger partial charge in [0.1, 0.15) is 0 Å². The fourth-order valence-electron chi connectivity index (χ4n) is 3.15. The SMILES string of the molecule is CN(C)c1ncc(CNCC(C2CC2)C2CC2)n1C. The van der Waals surface area contributed by atoms with Gasteiger partial charge in [-0.25, -0.2) is 4.98 Å². The number of aromatic nitrogens is 2. The third-order valence-electron chi connectivity index (χ3n) is 4.60. The lowest BCUT2D eigenvalue weighted by Crippen LogP contribution is -2.26. The molecule has 2 aliphatic carbocycles. The molecule has 1 aromatic rings. The molecule has 0 aliphatic heterocycles. The molecular formula is C15H26N4. The second kappa shape index (κ2) is 5.16. The summed E-state index contributed by atoms with van der Waals surface area (Å²) in [5.74, 6) is 4.03. The number of anilines is 1. The zero-order valence-electron chi connectivity index (χ0n) is 12.4. The first-order valence-corrected chi connectivity index (χ1v) is 7.55. The molecule has 0 amide bonds. The molecule has 106 valence electrons. The minimum Gasteiger partial charge on any atom is -0.348 e. The van der Waals surface area contributed by atoms with Crippen LogP contribution in [0.15, 0.2) is 6.20 Å². The minimum absolute atomic E-state index is 0.938. The van der Waals surface area contributed by atoms with Crippen LogP contribution in [0.25, 0.3) is 0 Å². The molecule has 0 atom stereocenters. The summed E-state index contributed by atoms with van der Waals surface area (Å²) in [6, 6.07) is 0.